The van der Waals surface area contributed by atoms with Crippen LogP contribution in [0.3, 0.4) is 0 Å². The summed E-state index contributed by atoms with van der Waals surface area (Å²) in [5.74, 6) is 3.82. The van der Waals surface area contributed by atoms with Crippen LogP contribution in [0.5, 0.6) is 11.5 Å². The minimum Gasteiger partial charge on any atom is -0.456 e. The fourth-order valence-corrected chi connectivity index (χ4v) is 9.31. The molecule has 0 radical (unpaired) electrons. The van der Waals surface area contributed by atoms with E-state index in [9.17, 15) is 0 Å². The summed E-state index contributed by atoms with van der Waals surface area (Å²) < 4.78 is 14.1. The van der Waals surface area contributed by atoms with Gasteiger partial charge in [0.15, 0.2) is 28.5 Å². The van der Waals surface area contributed by atoms with Crippen molar-refractivity contribution in [1.29, 1.82) is 0 Å². The Bertz CT molecular complexity index is 3530. The maximum absolute atomic E-state index is 7.40. The fourth-order valence-electron chi connectivity index (χ4n) is 9.31. The zero-order valence-electron chi connectivity index (χ0n) is 43.0. The average molecular weight is 923 g/mol. The molecule has 0 bridgehead atoms. The molecule has 0 saturated heterocycles. The van der Waals surface area contributed by atoms with Crippen molar-refractivity contribution in [2.75, 3.05) is 0 Å². The molecular weight excluding hydrogens is 859 g/mol. The number of rotatable bonds is 7. The number of pyridine rings is 1. The Morgan fingerprint density at radius 3 is 1.63 bits per heavy atom. The predicted molar refractivity (Wildman–Crippen MR) is 288 cm³/mol. The lowest BCUT2D eigenvalue weighted by Gasteiger charge is -2.21. The highest BCUT2D eigenvalue weighted by molar-refractivity contribution is 6.11. The van der Waals surface area contributed by atoms with E-state index in [1.165, 1.54) is 16.7 Å². The number of aromatic nitrogens is 7. The van der Waals surface area contributed by atoms with Crippen molar-refractivity contribution in [2.24, 2.45) is 7.05 Å². The zero-order chi connectivity index (χ0) is 49.5. The van der Waals surface area contributed by atoms with E-state index < -0.39 is 0 Å². The van der Waals surface area contributed by atoms with Gasteiger partial charge in [-0.2, -0.15) is 4.57 Å². The molecule has 10 rings (SSSR count). The molecule has 6 aromatic carbocycles. The van der Waals surface area contributed by atoms with E-state index >= 15 is 0 Å². The number of nitrogens with zero attached hydrogens (tertiary/aromatic N) is 7. The zero-order valence-corrected chi connectivity index (χ0v) is 43.0. The quantitative estimate of drug-likeness (QED) is 0.149. The summed E-state index contributed by atoms with van der Waals surface area (Å²) in [5.41, 5.74) is 12.3. The van der Waals surface area contributed by atoms with Gasteiger partial charge < -0.3 is 4.74 Å². The van der Waals surface area contributed by atoms with Gasteiger partial charge in [-0.3, -0.25) is 4.57 Å². The van der Waals surface area contributed by atoms with Gasteiger partial charge in [0.05, 0.1) is 23.6 Å². The van der Waals surface area contributed by atoms with Crippen LogP contribution in [-0.4, -0.2) is 29.1 Å². The van der Waals surface area contributed by atoms with Crippen molar-refractivity contribution < 1.29 is 9.30 Å². The highest BCUT2D eigenvalue weighted by atomic mass is 16.5. The molecule has 8 heteroatoms. The summed E-state index contributed by atoms with van der Waals surface area (Å²) >= 11 is 0. The number of imidazole rings is 1. The maximum atomic E-state index is 7.40. The van der Waals surface area contributed by atoms with Gasteiger partial charge in [-0.05, 0) is 92.4 Å². The summed E-state index contributed by atoms with van der Waals surface area (Å²) in [5, 5.41) is 2.12. The third-order valence-corrected chi connectivity index (χ3v) is 13.6. The standard InChI is InChI=1S/C62H64N7O/c1-59(2,3)41-26-22-39(23-27-41)56-64-57(40-24-28-42(29-25-40)60(4,5)6)66-58(65-56)49-36-48-47-18-14-15-19-50(47)69(55-34-43(30-31-63-55)61(7,8)9)53(48)37-54(49)70-46-33-44(62(10,11)12)32-45(35-46)68-38-67(13)51-20-16-17-21-52(51)68/h14-38H,1-13H3/q+1. The Hall–Kier alpha value is -7.45. The van der Waals surface area contributed by atoms with E-state index in [4.69, 9.17) is 24.7 Å². The first-order valence-electron chi connectivity index (χ1n) is 24.4. The van der Waals surface area contributed by atoms with Crippen molar-refractivity contribution in [1.82, 2.24) is 29.1 Å². The van der Waals surface area contributed by atoms with Crippen molar-refractivity contribution >= 4 is 32.8 Å². The van der Waals surface area contributed by atoms with E-state index in [1.54, 1.807) is 0 Å². The second kappa shape index (κ2) is 16.9. The number of aryl methyl sites for hydroxylation is 1. The normalized spacial score (nSPS) is 12.6. The van der Waals surface area contributed by atoms with Gasteiger partial charge in [0.1, 0.15) is 23.0 Å². The van der Waals surface area contributed by atoms with Crippen molar-refractivity contribution in [3.8, 4) is 57.2 Å². The number of benzene rings is 6. The van der Waals surface area contributed by atoms with Crippen LogP contribution in [0.4, 0.5) is 0 Å². The number of fused-ring (bicyclic) bond motifs is 4. The topological polar surface area (TPSA) is 74.5 Å². The van der Waals surface area contributed by atoms with Crippen molar-refractivity contribution in [3.05, 3.63) is 174 Å². The fraction of sp³-hybridized carbons (Fsp3) is 0.274. The highest BCUT2D eigenvalue weighted by Crippen LogP contribution is 2.43. The molecule has 70 heavy (non-hydrogen) atoms. The molecule has 0 saturated carbocycles. The summed E-state index contributed by atoms with van der Waals surface area (Å²) in [7, 11) is 2.09. The lowest BCUT2D eigenvalue weighted by molar-refractivity contribution is -0.645. The lowest BCUT2D eigenvalue weighted by Crippen LogP contribution is -2.25. The molecule has 0 spiro atoms. The molecule has 0 unspecified atom stereocenters. The molecule has 10 aromatic rings. The van der Waals surface area contributed by atoms with Crippen LogP contribution in [0, 0.1) is 0 Å². The number of ether oxygens (including phenoxy) is 1. The second-order valence-electron chi connectivity index (χ2n) is 23.0. The van der Waals surface area contributed by atoms with Crippen LogP contribution in [0.2, 0.25) is 0 Å². The van der Waals surface area contributed by atoms with Crippen LogP contribution in [-0.2, 0) is 28.7 Å². The molecule has 0 amide bonds. The summed E-state index contributed by atoms with van der Waals surface area (Å²) in [6, 6.07) is 49.5. The SMILES string of the molecule is C[n+]1cn(-c2cc(Oc3cc4c(cc3-c3nc(-c5ccc(C(C)(C)C)cc5)nc(-c5ccc(C(C)(C)C)cc5)n3)c3ccccc3n4-c3cc(C(C)(C)C)ccn3)cc(C(C)(C)C)c2)c2ccccc21. The summed E-state index contributed by atoms with van der Waals surface area (Å²) in [4.78, 5) is 21.0. The summed E-state index contributed by atoms with van der Waals surface area (Å²) in [6.45, 7) is 26.8. The molecule has 4 aromatic heterocycles. The summed E-state index contributed by atoms with van der Waals surface area (Å²) in [6.07, 6.45) is 4.06. The highest BCUT2D eigenvalue weighted by Gasteiger charge is 2.26. The molecule has 352 valence electrons. The van der Waals surface area contributed by atoms with Gasteiger partial charge >= 0.3 is 0 Å². The minimum absolute atomic E-state index is 0.0105. The van der Waals surface area contributed by atoms with E-state index in [-0.39, 0.29) is 21.7 Å². The van der Waals surface area contributed by atoms with Gasteiger partial charge in [0.2, 0.25) is 6.33 Å². The molecule has 0 atom stereocenters. The first-order chi connectivity index (χ1) is 33.1. The first kappa shape index (κ1) is 46.3. The first-order valence-corrected chi connectivity index (χ1v) is 24.4. The van der Waals surface area contributed by atoms with Gasteiger partial charge in [-0.15, -0.1) is 0 Å². The van der Waals surface area contributed by atoms with Crippen LogP contribution < -0.4 is 9.30 Å². The van der Waals surface area contributed by atoms with Gasteiger partial charge in [0.25, 0.3) is 0 Å². The van der Waals surface area contributed by atoms with E-state index in [1.807, 2.05) is 6.20 Å². The molecule has 0 fully saturated rings. The average Bonchev–Trinajstić information content (AvgIpc) is 3.84. The smallest absolute Gasteiger partial charge is 0.249 e. The van der Waals surface area contributed by atoms with E-state index in [2.05, 4.69) is 250 Å². The van der Waals surface area contributed by atoms with Crippen LogP contribution >= 0.6 is 0 Å². The Morgan fingerprint density at radius 2 is 1.03 bits per heavy atom. The third kappa shape index (κ3) is 8.76. The number of hydrogen-bond acceptors (Lipinski definition) is 5. The van der Waals surface area contributed by atoms with Crippen LogP contribution in [0.1, 0.15) is 105 Å². The van der Waals surface area contributed by atoms with Crippen LogP contribution in [0.15, 0.2) is 152 Å². The second-order valence-corrected chi connectivity index (χ2v) is 23.0. The molecule has 0 aliphatic heterocycles. The largest absolute Gasteiger partial charge is 0.456 e. The minimum atomic E-state index is -0.189. The lowest BCUT2D eigenvalue weighted by atomic mass is 9.86. The Balaban J connectivity index is 1.26. The Morgan fingerprint density at radius 1 is 0.471 bits per heavy atom. The van der Waals surface area contributed by atoms with E-state index in [0.717, 1.165) is 66.6 Å². The molecule has 0 aliphatic carbocycles. The molecule has 4 heterocycles. The van der Waals surface area contributed by atoms with Gasteiger partial charge in [-0.1, -0.05) is 162 Å². The van der Waals surface area contributed by atoms with Gasteiger partial charge in [-0.25, -0.2) is 24.5 Å². The number of hydrogen-bond donors (Lipinski definition) is 0. The Kier molecular flexibility index (Phi) is 11.2. The molecule has 0 N–H and O–H groups in total. The van der Waals surface area contributed by atoms with Crippen LogP contribution in [0.25, 0.3) is 78.5 Å². The molecule has 0 aliphatic rings. The molecular formula is C62H64N7O+. The molecule has 8 nitrogen and oxygen atoms in total. The third-order valence-electron chi connectivity index (χ3n) is 13.6. The maximum Gasteiger partial charge on any atom is 0.249 e. The van der Waals surface area contributed by atoms with Crippen molar-refractivity contribution in [2.45, 2.75) is 105 Å². The Labute approximate surface area is 412 Å². The predicted octanol–water partition coefficient (Wildman–Crippen LogP) is 15.1. The van der Waals surface area contributed by atoms with Gasteiger partial charge in [0, 0.05) is 40.2 Å². The number of para-hydroxylation sites is 3. The van der Waals surface area contributed by atoms with Crippen molar-refractivity contribution in [3.63, 3.8) is 0 Å². The monoisotopic (exact) mass is 923 g/mol. The van der Waals surface area contributed by atoms with E-state index in [0.29, 0.717) is 29.0 Å².